The molecule has 1 aliphatic rings. The third kappa shape index (κ3) is 2.16. The van der Waals surface area contributed by atoms with E-state index in [-0.39, 0.29) is 11.4 Å². The van der Waals surface area contributed by atoms with E-state index in [4.69, 9.17) is 15.9 Å². The van der Waals surface area contributed by atoms with Crippen LogP contribution in [0, 0.1) is 5.41 Å². The highest BCUT2D eigenvalue weighted by Crippen LogP contribution is 2.26. The van der Waals surface area contributed by atoms with E-state index in [1.165, 1.54) is 0 Å². The molecule has 0 atom stereocenters. The first-order valence-electron chi connectivity index (χ1n) is 5.69. The number of nitrogens with two attached hydrogens (primary N) is 1. The lowest BCUT2D eigenvalue weighted by molar-refractivity contribution is 0.105. The molecule has 0 spiro atoms. The molecule has 0 aliphatic carbocycles. The van der Waals surface area contributed by atoms with Crippen molar-refractivity contribution in [1.29, 1.82) is 5.41 Å². The van der Waals surface area contributed by atoms with Crippen LogP contribution in [0.15, 0.2) is 23.2 Å². The molecule has 4 heteroatoms. The molecule has 1 aromatic carbocycles. The molecule has 90 valence electrons. The number of aliphatic imine (C=N–C) groups is 1. The summed E-state index contributed by atoms with van der Waals surface area (Å²) in [4.78, 5) is 3.94. The Morgan fingerprint density at radius 1 is 1.35 bits per heavy atom. The monoisotopic (exact) mass is 231 g/mol. The average Bonchev–Trinajstić information content (AvgIpc) is 2.54. The third-order valence-electron chi connectivity index (χ3n) is 3.00. The van der Waals surface area contributed by atoms with Crippen molar-refractivity contribution in [3.8, 4) is 5.75 Å². The van der Waals surface area contributed by atoms with E-state index < -0.39 is 0 Å². The molecule has 1 aromatic rings. The van der Waals surface area contributed by atoms with Gasteiger partial charge in [-0.1, -0.05) is 6.92 Å². The first-order valence-corrected chi connectivity index (χ1v) is 5.69. The fourth-order valence-corrected chi connectivity index (χ4v) is 1.64. The maximum atomic E-state index is 7.71. The SMILES string of the molecule is CCC(C)(C)Oc1ccc2c(c1)C(=N)N=C2N. The van der Waals surface area contributed by atoms with Crippen LogP contribution in [0.25, 0.3) is 0 Å². The molecule has 0 fully saturated rings. The highest BCUT2D eigenvalue weighted by molar-refractivity contribution is 6.20. The summed E-state index contributed by atoms with van der Waals surface area (Å²) in [6.07, 6.45) is 0.917. The minimum atomic E-state index is -0.207. The van der Waals surface area contributed by atoms with Gasteiger partial charge in [-0.2, -0.15) is 0 Å². The molecule has 1 heterocycles. The van der Waals surface area contributed by atoms with Crippen LogP contribution in [0.2, 0.25) is 0 Å². The van der Waals surface area contributed by atoms with Crippen molar-refractivity contribution in [2.24, 2.45) is 10.7 Å². The molecule has 17 heavy (non-hydrogen) atoms. The Morgan fingerprint density at radius 2 is 2.06 bits per heavy atom. The molecule has 2 rings (SSSR count). The van der Waals surface area contributed by atoms with Crippen LogP contribution in [0.5, 0.6) is 5.75 Å². The van der Waals surface area contributed by atoms with E-state index in [2.05, 4.69) is 11.9 Å². The largest absolute Gasteiger partial charge is 0.488 e. The third-order valence-corrected chi connectivity index (χ3v) is 3.00. The standard InChI is InChI=1S/C13H17N3O/c1-4-13(2,3)17-8-5-6-9-10(7-8)12(15)16-11(9)14/h5-7H,4H2,1-3H3,(H3,14,15,16). The van der Waals surface area contributed by atoms with Crippen molar-refractivity contribution >= 4 is 11.7 Å². The Hall–Kier alpha value is -1.84. The highest BCUT2D eigenvalue weighted by atomic mass is 16.5. The van der Waals surface area contributed by atoms with Crippen LogP contribution < -0.4 is 10.5 Å². The van der Waals surface area contributed by atoms with E-state index in [1.54, 1.807) is 0 Å². The zero-order valence-electron chi connectivity index (χ0n) is 10.4. The Balaban J connectivity index is 2.31. The molecule has 0 aromatic heterocycles. The summed E-state index contributed by atoms with van der Waals surface area (Å²) in [5, 5.41) is 7.71. The number of nitrogens with one attached hydrogen (secondary N) is 1. The van der Waals surface area contributed by atoms with E-state index in [9.17, 15) is 0 Å². The van der Waals surface area contributed by atoms with Crippen LogP contribution in [0.3, 0.4) is 0 Å². The second-order valence-electron chi connectivity index (χ2n) is 4.77. The zero-order chi connectivity index (χ0) is 12.6. The van der Waals surface area contributed by atoms with Crippen LogP contribution in [0.4, 0.5) is 0 Å². The van der Waals surface area contributed by atoms with Gasteiger partial charge in [-0.15, -0.1) is 0 Å². The van der Waals surface area contributed by atoms with Gasteiger partial charge in [0.05, 0.1) is 0 Å². The van der Waals surface area contributed by atoms with Crippen molar-refractivity contribution < 1.29 is 4.74 Å². The number of fused-ring (bicyclic) bond motifs is 1. The van der Waals surface area contributed by atoms with Crippen molar-refractivity contribution in [3.63, 3.8) is 0 Å². The summed E-state index contributed by atoms with van der Waals surface area (Å²) in [6, 6.07) is 5.56. The lowest BCUT2D eigenvalue weighted by Crippen LogP contribution is -2.26. The molecule has 0 amide bonds. The summed E-state index contributed by atoms with van der Waals surface area (Å²) >= 11 is 0. The number of amidine groups is 2. The highest BCUT2D eigenvalue weighted by Gasteiger charge is 2.21. The first-order chi connectivity index (χ1) is 7.93. The van der Waals surface area contributed by atoms with Gasteiger partial charge in [0.2, 0.25) is 0 Å². The van der Waals surface area contributed by atoms with E-state index >= 15 is 0 Å². The lowest BCUT2D eigenvalue weighted by atomic mass is 10.1. The topological polar surface area (TPSA) is 71.5 Å². The second kappa shape index (κ2) is 3.87. The number of ether oxygens (including phenoxy) is 1. The van der Waals surface area contributed by atoms with Gasteiger partial charge >= 0.3 is 0 Å². The normalized spacial score (nSPS) is 14.5. The predicted molar refractivity (Wildman–Crippen MR) is 69.0 cm³/mol. The number of benzene rings is 1. The summed E-state index contributed by atoms with van der Waals surface area (Å²) in [6.45, 7) is 6.16. The number of rotatable bonds is 3. The zero-order valence-corrected chi connectivity index (χ0v) is 10.4. The number of hydrogen-bond acceptors (Lipinski definition) is 3. The Bertz CT molecular complexity index is 503. The van der Waals surface area contributed by atoms with Gasteiger partial charge in [-0.25, -0.2) is 4.99 Å². The maximum absolute atomic E-state index is 7.71. The summed E-state index contributed by atoms with van der Waals surface area (Å²) in [5.74, 6) is 1.37. The second-order valence-corrected chi connectivity index (χ2v) is 4.77. The molecule has 0 saturated carbocycles. The van der Waals surface area contributed by atoms with Gasteiger partial charge in [0.1, 0.15) is 17.2 Å². The molecule has 4 nitrogen and oxygen atoms in total. The predicted octanol–water partition coefficient (Wildman–Crippen LogP) is 2.30. The molecule has 3 N–H and O–H groups in total. The average molecular weight is 231 g/mol. The maximum Gasteiger partial charge on any atom is 0.155 e. The molecule has 0 bridgehead atoms. The summed E-state index contributed by atoms with van der Waals surface area (Å²) in [7, 11) is 0. The van der Waals surface area contributed by atoms with E-state index in [0.717, 1.165) is 23.3 Å². The molecule has 0 saturated heterocycles. The molecule has 0 radical (unpaired) electrons. The first kappa shape index (κ1) is 11.6. The Morgan fingerprint density at radius 3 is 2.71 bits per heavy atom. The van der Waals surface area contributed by atoms with Crippen LogP contribution in [-0.2, 0) is 0 Å². The fraction of sp³-hybridized carbons (Fsp3) is 0.385. The van der Waals surface area contributed by atoms with E-state index in [1.807, 2.05) is 32.0 Å². The smallest absolute Gasteiger partial charge is 0.155 e. The van der Waals surface area contributed by atoms with Crippen molar-refractivity contribution in [2.75, 3.05) is 0 Å². The van der Waals surface area contributed by atoms with Gasteiger partial charge in [0.15, 0.2) is 5.84 Å². The molecule has 1 aliphatic heterocycles. The fourth-order valence-electron chi connectivity index (χ4n) is 1.64. The van der Waals surface area contributed by atoms with Gasteiger partial charge in [0.25, 0.3) is 0 Å². The minimum Gasteiger partial charge on any atom is -0.488 e. The van der Waals surface area contributed by atoms with Gasteiger partial charge in [-0.05, 0) is 38.5 Å². The summed E-state index contributed by atoms with van der Waals surface area (Å²) < 4.78 is 5.87. The summed E-state index contributed by atoms with van der Waals surface area (Å²) in [5.41, 5.74) is 7.06. The van der Waals surface area contributed by atoms with E-state index in [0.29, 0.717) is 5.84 Å². The molecule has 0 unspecified atom stereocenters. The van der Waals surface area contributed by atoms with Crippen molar-refractivity contribution in [1.82, 2.24) is 0 Å². The number of nitrogens with zero attached hydrogens (tertiary/aromatic N) is 1. The number of hydrogen-bond donors (Lipinski definition) is 2. The van der Waals surface area contributed by atoms with Crippen LogP contribution >= 0.6 is 0 Å². The lowest BCUT2D eigenvalue weighted by Gasteiger charge is -2.25. The quantitative estimate of drug-likeness (QED) is 0.837. The molecular weight excluding hydrogens is 214 g/mol. The van der Waals surface area contributed by atoms with Crippen LogP contribution in [-0.4, -0.2) is 17.3 Å². The van der Waals surface area contributed by atoms with Crippen molar-refractivity contribution in [3.05, 3.63) is 29.3 Å². The van der Waals surface area contributed by atoms with Gasteiger partial charge < -0.3 is 10.5 Å². The van der Waals surface area contributed by atoms with Gasteiger partial charge in [-0.3, -0.25) is 5.41 Å². The van der Waals surface area contributed by atoms with Crippen molar-refractivity contribution in [2.45, 2.75) is 32.8 Å². The minimum absolute atomic E-state index is 0.206. The van der Waals surface area contributed by atoms with Crippen LogP contribution in [0.1, 0.15) is 38.3 Å². The molecular formula is C13H17N3O. The van der Waals surface area contributed by atoms with Gasteiger partial charge in [0, 0.05) is 11.1 Å². The Labute approximate surface area is 101 Å². The Kier molecular flexibility index (Phi) is 2.65.